The molecule has 0 heterocycles. The van der Waals surface area contributed by atoms with Gasteiger partial charge < -0.3 is 10.6 Å². The Morgan fingerprint density at radius 2 is 1.60 bits per heavy atom. The molecule has 0 radical (unpaired) electrons. The number of anilines is 2. The molecular formula is C23H22N2O4S. The van der Waals surface area contributed by atoms with Gasteiger partial charge >= 0.3 is 0 Å². The second kappa shape index (κ2) is 8.92. The first-order valence-corrected chi connectivity index (χ1v) is 11.0. The summed E-state index contributed by atoms with van der Waals surface area (Å²) in [5.74, 6) is -0.768. The molecule has 0 saturated heterocycles. The van der Waals surface area contributed by atoms with Crippen molar-refractivity contribution in [3.05, 3.63) is 89.5 Å². The van der Waals surface area contributed by atoms with E-state index in [4.69, 9.17) is 0 Å². The Labute approximate surface area is 175 Å². The monoisotopic (exact) mass is 422 g/mol. The van der Waals surface area contributed by atoms with Crippen LogP contribution in [0, 0.1) is 6.92 Å². The van der Waals surface area contributed by atoms with Gasteiger partial charge in [-0.3, -0.25) is 9.59 Å². The van der Waals surface area contributed by atoms with E-state index in [1.807, 2.05) is 6.92 Å². The molecule has 0 atom stereocenters. The minimum Gasteiger partial charge on any atom is -0.326 e. The summed E-state index contributed by atoms with van der Waals surface area (Å²) in [6, 6.07) is 20.0. The zero-order valence-corrected chi connectivity index (χ0v) is 17.5. The number of rotatable bonds is 6. The Morgan fingerprint density at radius 1 is 0.867 bits per heavy atom. The van der Waals surface area contributed by atoms with Crippen LogP contribution in [0.5, 0.6) is 0 Å². The SMILES string of the molecule is CC(=O)Nc1ccc(C)c(NC(=O)c2cccc(CS(=O)(=O)c3ccccc3)c2)c1. The van der Waals surface area contributed by atoms with Crippen LogP contribution in [0.2, 0.25) is 0 Å². The van der Waals surface area contributed by atoms with Crippen molar-refractivity contribution >= 4 is 33.0 Å². The van der Waals surface area contributed by atoms with E-state index in [2.05, 4.69) is 10.6 Å². The predicted molar refractivity (Wildman–Crippen MR) is 117 cm³/mol. The van der Waals surface area contributed by atoms with E-state index in [1.54, 1.807) is 72.8 Å². The molecule has 2 N–H and O–H groups in total. The van der Waals surface area contributed by atoms with Gasteiger partial charge in [0.05, 0.1) is 10.6 Å². The van der Waals surface area contributed by atoms with E-state index in [0.717, 1.165) is 5.56 Å². The number of nitrogens with one attached hydrogen (secondary N) is 2. The van der Waals surface area contributed by atoms with Gasteiger partial charge in [-0.25, -0.2) is 8.42 Å². The predicted octanol–water partition coefficient (Wildman–Crippen LogP) is 4.18. The van der Waals surface area contributed by atoms with E-state index in [1.165, 1.54) is 6.92 Å². The molecule has 0 aromatic heterocycles. The number of carbonyl (C=O) groups excluding carboxylic acids is 2. The van der Waals surface area contributed by atoms with Gasteiger partial charge in [0.15, 0.2) is 9.84 Å². The van der Waals surface area contributed by atoms with Crippen molar-refractivity contribution in [2.75, 3.05) is 10.6 Å². The normalized spacial score (nSPS) is 11.0. The second-order valence-corrected chi connectivity index (χ2v) is 8.93. The van der Waals surface area contributed by atoms with Gasteiger partial charge in [0.2, 0.25) is 5.91 Å². The first kappa shape index (κ1) is 21.3. The molecule has 3 rings (SSSR count). The molecular weight excluding hydrogens is 400 g/mol. The highest BCUT2D eigenvalue weighted by atomic mass is 32.2. The van der Waals surface area contributed by atoms with Crippen molar-refractivity contribution in [2.24, 2.45) is 0 Å². The van der Waals surface area contributed by atoms with Gasteiger partial charge in [-0.15, -0.1) is 0 Å². The number of hydrogen-bond acceptors (Lipinski definition) is 4. The molecule has 2 amide bonds. The lowest BCUT2D eigenvalue weighted by molar-refractivity contribution is -0.114. The Balaban J connectivity index is 1.79. The van der Waals surface area contributed by atoms with E-state index in [-0.39, 0.29) is 22.5 Å². The standard InChI is InChI=1S/C23H22N2O4S/c1-16-11-12-20(24-17(2)26)14-22(16)25-23(27)19-8-6-7-18(13-19)15-30(28,29)21-9-4-3-5-10-21/h3-14H,15H2,1-2H3,(H,24,26)(H,25,27). The van der Waals surface area contributed by atoms with Crippen LogP contribution in [0.15, 0.2) is 77.7 Å². The second-order valence-electron chi connectivity index (χ2n) is 6.94. The summed E-state index contributed by atoms with van der Waals surface area (Å²) in [6.45, 7) is 3.25. The quantitative estimate of drug-likeness (QED) is 0.623. The van der Waals surface area contributed by atoms with Crippen molar-refractivity contribution < 1.29 is 18.0 Å². The van der Waals surface area contributed by atoms with Crippen LogP contribution in [0.4, 0.5) is 11.4 Å². The fraction of sp³-hybridized carbons (Fsp3) is 0.130. The summed E-state index contributed by atoms with van der Waals surface area (Å²) < 4.78 is 25.2. The minimum absolute atomic E-state index is 0.199. The molecule has 0 saturated carbocycles. The molecule has 154 valence electrons. The van der Waals surface area contributed by atoms with Crippen molar-refractivity contribution in [1.29, 1.82) is 0 Å². The van der Waals surface area contributed by atoms with E-state index in [9.17, 15) is 18.0 Å². The molecule has 0 spiro atoms. The largest absolute Gasteiger partial charge is 0.326 e. The van der Waals surface area contributed by atoms with Gasteiger partial charge in [0.25, 0.3) is 5.91 Å². The highest BCUT2D eigenvalue weighted by Gasteiger charge is 2.16. The molecule has 7 heteroatoms. The van der Waals surface area contributed by atoms with Crippen LogP contribution in [-0.4, -0.2) is 20.2 Å². The number of amides is 2. The lowest BCUT2D eigenvalue weighted by Crippen LogP contribution is -2.14. The topological polar surface area (TPSA) is 92.3 Å². The van der Waals surface area contributed by atoms with Crippen molar-refractivity contribution in [1.82, 2.24) is 0 Å². The molecule has 0 aliphatic heterocycles. The fourth-order valence-electron chi connectivity index (χ4n) is 2.97. The molecule has 3 aromatic rings. The molecule has 0 fully saturated rings. The molecule has 0 aliphatic rings. The zero-order valence-electron chi connectivity index (χ0n) is 16.7. The molecule has 30 heavy (non-hydrogen) atoms. The fourth-order valence-corrected chi connectivity index (χ4v) is 4.32. The van der Waals surface area contributed by atoms with Crippen molar-refractivity contribution in [3.8, 4) is 0 Å². The Kier molecular flexibility index (Phi) is 6.32. The Bertz CT molecular complexity index is 1190. The zero-order chi connectivity index (χ0) is 21.7. The Hall–Kier alpha value is -3.45. The summed E-state index contributed by atoms with van der Waals surface area (Å²) in [4.78, 5) is 24.2. The molecule has 0 aliphatic carbocycles. The van der Waals surface area contributed by atoms with Crippen LogP contribution in [0.1, 0.15) is 28.4 Å². The lowest BCUT2D eigenvalue weighted by atomic mass is 10.1. The summed E-state index contributed by atoms with van der Waals surface area (Å²) in [5.41, 5.74) is 2.84. The maximum atomic E-state index is 12.7. The smallest absolute Gasteiger partial charge is 0.255 e. The maximum absolute atomic E-state index is 12.7. The third kappa shape index (κ3) is 5.33. The Morgan fingerprint density at radius 3 is 2.30 bits per heavy atom. The van der Waals surface area contributed by atoms with Crippen LogP contribution >= 0.6 is 0 Å². The summed E-state index contributed by atoms with van der Waals surface area (Å²) in [6.07, 6.45) is 0. The average molecular weight is 423 g/mol. The third-order valence-corrected chi connectivity index (χ3v) is 6.16. The van der Waals surface area contributed by atoms with E-state index >= 15 is 0 Å². The van der Waals surface area contributed by atoms with Crippen LogP contribution in [-0.2, 0) is 20.4 Å². The summed E-state index contributed by atoms with van der Waals surface area (Å²) in [5, 5.41) is 5.50. The van der Waals surface area contributed by atoms with Crippen molar-refractivity contribution in [2.45, 2.75) is 24.5 Å². The minimum atomic E-state index is -3.51. The number of sulfone groups is 1. The van der Waals surface area contributed by atoms with Crippen LogP contribution < -0.4 is 10.6 Å². The first-order valence-electron chi connectivity index (χ1n) is 9.31. The number of hydrogen-bond donors (Lipinski definition) is 2. The molecule has 0 bridgehead atoms. The van der Waals surface area contributed by atoms with Gasteiger partial charge in [0.1, 0.15) is 0 Å². The van der Waals surface area contributed by atoms with Gasteiger partial charge in [-0.2, -0.15) is 0 Å². The van der Waals surface area contributed by atoms with Crippen LogP contribution in [0.25, 0.3) is 0 Å². The van der Waals surface area contributed by atoms with E-state index in [0.29, 0.717) is 22.5 Å². The molecule has 6 nitrogen and oxygen atoms in total. The maximum Gasteiger partial charge on any atom is 0.255 e. The number of benzene rings is 3. The summed E-state index contributed by atoms with van der Waals surface area (Å²) in [7, 11) is -3.51. The molecule has 3 aromatic carbocycles. The number of carbonyl (C=O) groups is 2. The number of aryl methyl sites for hydroxylation is 1. The highest BCUT2D eigenvalue weighted by Crippen LogP contribution is 2.22. The first-order chi connectivity index (χ1) is 14.2. The third-order valence-electron chi connectivity index (χ3n) is 4.45. The van der Waals surface area contributed by atoms with Gasteiger partial charge in [-0.1, -0.05) is 36.4 Å². The highest BCUT2D eigenvalue weighted by molar-refractivity contribution is 7.90. The molecule has 0 unspecified atom stereocenters. The van der Waals surface area contributed by atoms with Gasteiger partial charge in [-0.05, 0) is 54.4 Å². The van der Waals surface area contributed by atoms with Crippen molar-refractivity contribution in [3.63, 3.8) is 0 Å². The summed E-state index contributed by atoms with van der Waals surface area (Å²) >= 11 is 0. The average Bonchev–Trinajstić information content (AvgIpc) is 2.70. The lowest BCUT2D eigenvalue weighted by Gasteiger charge is -2.12. The van der Waals surface area contributed by atoms with Crippen LogP contribution in [0.3, 0.4) is 0 Å². The van der Waals surface area contributed by atoms with E-state index < -0.39 is 9.84 Å². The van der Waals surface area contributed by atoms with Gasteiger partial charge in [0, 0.05) is 23.9 Å².